The van der Waals surface area contributed by atoms with Crippen molar-refractivity contribution in [1.82, 2.24) is 5.17 Å². The lowest BCUT2D eigenvalue weighted by molar-refractivity contribution is -0.712. The zero-order valence-corrected chi connectivity index (χ0v) is 3.90. The van der Waals surface area contributed by atoms with Crippen molar-refractivity contribution in [3.05, 3.63) is 22.4 Å². The van der Waals surface area contributed by atoms with E-state index in [1.54, 1.807) is 0 Å². The van der Waals surface area contributed by atoms with E-state index < -0.39 is 5.03 Å². The molecule has 0 saturated heterocycles. The van der Waals surface area contributed by atoms with Crippen molar-refractivity contribution >= 4 is 0 Å². The molecule has 43 valence electrons. The summed E-state index contributed by atoms with van der Waals surface area (Å²) in [5.41, 5.74) is 0. The van der Waals surface area contributed by atoms with E-state index in [4.69, 9.17) is 0 Å². The smallest absolute Gasteiger partial charge is 0.191 e. The third-order valence-corrected chi connectivity index (χ3v) is 0.643. The molecule has 0 unspecified atom stereocenters. The normalized spacial score (nSPS) is 17.2. The topological polar surface area (TPSA) is 55.6 Å². The molecular formula is C3H3N2O3. The van der Waals surface area contributed by atoms with Crippen molar-refractivity contribution in [3.63, 3.8) is 0 Å². The summed E-state index contributed by atoms with van der Waals surface area (Å²) in [7, 11) is 0. The maximum Gasteiger partial charge on any atom is 0.191 e. The summed E-state index contributed by atoms with van der Waals surface area (Å²) in [5.74, 6) is 0. The molecule has 1 heterocycles. The number of rotatable bonds is 1. The van der Waals surface area contributed by atoms with Gasteiger partial charge in [0.25, 0.3) is 0 Å². The zero-order chi connectivity index (χ0) is 5.98. The van der Waals surface area contributed by atoms with Gasteiger partial charge in [0.1, 0.15) is 12.8 Å². The van der Waals surface area contributed by atoms with Gasteiger partial charge >= 0.3 is 0 Å². The molecule has 0 bridgehead atoms. The van der Waals surface area contributed by atoms with Crippen molar-refractivity contribution < 1.29 is 9.87 Å². The van der Waals surface area contributed by atoms with Gasteiger partial charge in [-0.15, -0.1) is 0 Å². The van der Waals surface area contributed by atoms with Crippen LogP contribution >= 0.6 is 0 Å². The molecule has 1 radical (unpaired) electrons. The molecule has 0 aromatic heterocycles. The number of hydrazine groups is 1. The maximum absolute atomic E-state index is 9.74. The minimum atomic E-state index is -0.667. The summed E-state index contributed by atoms with van der Waals surface area (Å²) in [4.78, 5) is 14.1. The van der Waals surface area contributed by atoms with Crippen molar-refractivity contribution in [1.29, 1.82) is 0 Å². The molecule has 5 heteroatoms. The molecule has 0 aromatic rings. The highest BCUT2D eigenvalue weighted by Crippen LogP contribution is 1.97. The highest BCUT2D eigenvalue weighted by Gasteiger charge is 2.14. The molecule has 5 nitrogen and oxygen atoms in total. The van der Waals surface area contributed by atoms with Crippen LogP contribution in [0, 0.1) is 16.2 Å². The molecule has 0 spiro atoms. The lowest BCUT2D eigenvalue weighted by atomic mass is 10.7. The second-order valence-electron chi connectivity index (χ2n) is 1.15. The van der Waals surface area contributed by atoms with Crippen molar-refractivity contribution in [2.45, 2.75) is 0 Å². The van der Waals surface area contributed by atoms with Crippen LogP contribution in [-0.4, -0.2) is 16.8 Å². The van der Waals surface area contributed by atoms with Gasteiger partial charge < -0.3 is 0 Å². The van der Waals surface area contributed by atoms with Gasteiger partial charge in [-0.25, -0.2) is 15.0 Å². The second-order valence-corrected chi connectivity index (χ2v) is 1.15. The summed E-state index contributed by atoms with van der Waals surface area (Å²) in [5, 5.41) is 9.58. The molecule has 0 saturated carbocycles. The van der Waals surface area contributed by atoms with Crippen LogP contribution < -0.4 is 0 Å². The second kappa shape index (κ2) is 1.79. The molecule has 0 amide bonds. The van der Waals surface area contributed by atoms with Crippen LogP contribution in [0.1, 0.15) is 0 Å². The summed E-state index contributed by atoms with van der Waals surface area (Å²) in [6.07, 6.45) is 3.63. The molecule has 1 rings (SSSR count). The van der Waals surface area contributed by atoms with Crippen molar-refractivity contribution in [2.75, 3.05) is 6.61 Å². The predicted molar refractivity (Wildman–Crippen MR) is 22.6 cm³/mol. The average Bonchev–Trinajstić information content (AvgIpc) is 2.12. The Morgan fingerprint density at radius 2 is 2.75 bits per heavy atom. The molecule has 0 fully saturated rings. The van der Waals surface area contributed by atoms with Gasteiger partial charge in [0.15, 0.2) is 5.03 Å². The number of hydrogen-bond donors (Lipinski definition) is 0. The van der Waals surface area contributed by atoms with Crippen LogP contribution in [0.3, 0.4) is 0 Å². The fourth-order valence-electron chi connectivity index (χ4n) is 0.350. The predicted octanol–water partition coefficient (Wildman–Crippen LogP) is -0.258. The van der Waals surface area contributed by atoms with Crippen LogP contribution in [0.15, 0.2) is 6.20 Å². The van der Waals surface area contributed by atoms with Crippen LogP contribution in [-0.2, 0) is 4.84 Å². The van der Waals surface area contributed by atoms with Gasteiger partial charge in [0.2, 0.25) is 0 Å². The molecule has 1 aliphatic rings. The molecule has 0 aliphatic carbocycles. The number of nitro groups is 1. The first-order chi connectivity index (χ1) is 3.80. The Morgan fingerprint density at radius 3 is 3.00 bits per heavy atom. The summed E-state index contributed by atoms with van der Waals surface area (Å²) in [6.45, 7) is 0.168. The Labute approximate surface area is 45.2 Å². The summed E-state index contributed by atoms with van der Waals surface area (Å²) < 4.78 is 0. The van der Waals surface area contributed by atoms with Crippen LogP contribution in [0.5, 0.6) is 0 Å². The van der Waals surface area contributed by atoms with Gasteiger partial charge in [-0.05, 0) is 0 Å². The van der Waals surface area contributed by atoms with Gasteiger partial charge in [-0.2, -0.15) is 0 Å². The first-order valence-corrected chi connectivity index (χ1v) is 1.94. The Balaban J connectivity index is 2.48. The summed E-state index contributed by atoms with van der Waals surface area (Å²) in [6, 6.07) is 0. The van der Waals surface area contributed by atoms with Crippen LogP contribution in [0.25, 0.3) is 0 Å². The highest BCUT2D eigenvalue weighted by molar-refractivity contribution is 4.70. The maximum atomic E-state index is 9.74. The first kappa shape index (κ1) is 5.04. The molecule has 8 heavy (non-hydrogen) atoms. The molecule has 0 N–H and O–H groups in total. The van der Waals surface area contributed by atoms with Gasteiger partial charge in [0.05, 0.1) is 0 Å². The standard InChI is InChI=1S/C3H3N2O3/c6-5(7)4-2-1-3-8-4/h2H,3H2. The van der Waals surface area contributed by atoms with Crippen LogP contribution in [0.4, 0.5) is 0 Å². The quantitative estimate of drug-likeness (QED) is 0.349. The Bertz CT molecular complexity index is 132. The van der Waals surface area contributed by atoms with E-state index in [0.29, 0.717) is 5.17 Å². The minimum absolute atomic E-state index is 0.168. The van der Waals surface area contributed by atoms with E-state index in [9.17, 15) is 10.1 Å². The number of nitrogens with zero attached hydrogens (tertiary/aromatic N) is 2. The SMILES string of the molecule is O=[N+]([O-])N1C=[C]CO1. The summed E-state index contributed by atoms with van der Waals surface area (Å²) >= 11 is 0. The number of hydroxylamine groups is 1. The van der Waals surface area contributed by atoms with Gasteiger partial charge in [-0.1, -0.05) is 0 Å². The third-order valence-electron chi connectivity index (χ3n) is 0.643. The van der Waals surface area contributed by atoms with Gasteiger partial charge in [0, 0.05) is 11.2 Å². The molecule has 0 atom stereocenters. The van der Waals surface area contributed by atoms with E-state index in [1.807, 2.05) is 0 Å². The van der Waals surface area contributed by atoms with Gasteiger partial charge in [-0.3, -0.25) is 0 Å². The largest absolute Gasteiger partial charge is 0.232 e. The van der Waals surface area contributed by atoms with Crippen molar-refractivity contribution in [2.24, 2.45) is 0 Å². The highest BCUT2D eigenvalue weighted by atomic mass is 16.8. The molecular weight excluding hydrogens is 112 g/mol. The fourth-order valence-corrected chi connectivity index (χ4v) is 0.350. The van der Waals surface area contributed by atoms with Crippen LogP contribution in [0.2, 0.25) is 0 Å². The molecule has 0 aromatic carbocycles. The third kappa shape index (κ3) is 0.760. The first-order valence-electron chi connectivity index (χ1n) is 1.94. The fraction of sp³-hybridized carbons (Fsp3) is 0.333. The zero-order valence-electron chi connectivity index (χ0n) is 3.90. The monoisotopic (exact) mass is 115 g/mol. The lowest BCUT2D eigenvalue weighted by Gasteiger charge is -1.98. The molecule has 1 aliphatic heterocycles. The van der Waals surface area contributed by atoms with Crippen molar-refractivity contribution in [3.8, 4) is 0 Å². The van der Waals surface area contributed by atoms with E-state index in [1.165, 1.54) is 0 Å². The Hall–Kier alpha value is -1.10. The minimum Gasteiger partial charge on any atom is -0.232 e. The Kier molecular flexibility index (Phi) is 1.13. The van der Waals surface area contributed by atoms with E-state index in [2.05, 4.69) is 10.9 Å². The average molecular weight is 115 g/mol. The van der Waals surface area contributed by atoms with E-state index in [-0.39, 0.29) is 6.61 Å². The lowest BCUT2D eigenvalue weighted by Crippen LogP contribution is -2.20. The van der Waals surface area contributed by atoms with E-state index >= 15 is 0 Å². The van der Waals surface area contributed by atoms with E-state index in [0.717, 1.165) is 6.20 Å². The Morgan fingerprint density at radius 1 is 2.00 bits per heavy atom. The number of hydrogen-bond acceptors (Lipinski definition) is 3.